The molecule has 2 N–H and O–H groups in total. The molecule has 19 heavy (non-hydrogen) atoms. The molecule has 5 heteroatoms. The van der Waals surface area contributed by atoms with Crippen LogP contribution in [0, 0.1) is 5.82 Å². The smallest absolute Gasteiger partial charge is 0.146 e. The average Bonchev–Trinajstić information content (AvgIpc) is 2.41. The van der Waals surface area contributed by atoms with Gasteiger partial charge in [-0.15, -0.1) is 0 Å². The van der Waals surface area contributed by atoms with Gasteiger partial charge in [-0.25, -0.2) is 4.39 Å². The van der Waals surface area contributed by atoms with E-state index in [2.05, 4.69) is 21.2 Å². The zero-order valence-corrected chi connectivity index (χ0v) is 12.2. The summed E-state index contributed by atoms with van der Waals surface area (Å²) in [6.07, 6.45) is 0. The summed E-state index contributed by atoms with van der Waals surface area (Å²) in [7, 11) is 0. The lowest BCUT2D eigenvalue weighted by atomic mass is 10.1. The minimum Gasteiger partial charge on any atom is -0.394 e. The van der Waals surface area contributed by atoms with Gasteiger partial charge in [0.1, 0.15) is 5.82 Å². The first-order valence-electron chi connectivity index (χ1n) is 5.68. The second-order valence-corrected chi connectivity index (χ2v) is 5.32. The Morgan fingerprint density at radius 3 is 2.68 bits per heavy atom. The van der Waals surface area contributed by atoms with E-state index in [1.54, 1.807) is 36.4 Å². The van der Waals surface area contributed by atoms with Gasteiger partial charge in [0.2, 0.25) is 0 Å². The van der Waals surface area contributed by atoms with E-state index in [1.165, 1.54) is 6.07 Å². The van der Waals surface area contributed by atoms with Gasteiger partial charge in [0.15, 0.2) is 0 Å². The maximum atomic E-state index is 13.6. The van der Waals surface area contributed by atoms with Crippen molar-refractivity contribution in [3.05, 3.63) is 63.3 Å². The van der Waals surface area contributed by atoms with Gasteiger partial charge in [0, 0.05) is 9.50 Å². The van der Waals surface area contributed by atoms with E-state index in [9.17, 15) is 9.50 Å². The Morgan fingerprint density at radius 1 is 1.26 bits per heavy atom. The van der Waals surface area contributed by atoms with Crippen LogP contribution < -0.4 is 5.32 Å². The molecule has 0 aliphatic rings. The highest BCUT2D eigenvalue weighted by molar-refractivity contribution is 9.10. The van der Waals surface area contributed by atoms with Crippen molar-refractivity contribution in [1.29, 1.82) is 0 Å². The molecule has 0 bridgehead atoms. The fourth-order valence-corrected chi connectivity index (χ4v) is 2.47. The van der Waals surface area contributed by atoms with Crippen molar-refractivity contribution in [2.45, 2.75) is 6.04 Å². The van der Waals surface area contributed by atoms with Crippen LogP contribution in [0.2, 0.25) is 5.02 Å². The van der Waals surface area contributed by atoms with Crippen molar-refractivity contribution in [3.63, 3.8) is 0 Å². The lowest BCUT2D eigenvalue weighted by molar-refractivity contribution is 0.276. The molecular formula is C14H12BrClFNO. The molecule has 0 amide bonds. The molecule has 0 saturated heterocycles. The number of hydrogen-bond donors (Lipinski definition) is 2. The Morgan fingerprint density at radius 2 is 2.00 bits per heavy atom. The molecule has 0 heterocycles. The maximum absolute atomic E-state index is 13.6. The summed E-state index contributed by atoms with van der Waals surface area (Å²) in [6.45, 7) is -0.173. The Kier molecular flexibility index (Phi) is 4.80. The summed E-state index contributed by atoms with van der Waals surface area (Å²) in [5, 5.41) is 13.0. The monoisotopic (exact) mass is 343 g/mol. The van der Waals surface area contributed by atoms with Gasteiger partial charge in [-0.2, -0.15) is 0 Å². The maximum Gasteiger partial charge on any atom is 0.146 e. The second kappa shape index (κ2) is 6.37. The number of anilines is 1. The van der Waals surface area contributed by atoms with E-state index in [0.717, 1.165) is 10.0 Å². The molecule has 0 aliphatic heterocycles. The molecule has 0 fully saturated rings. The van der Waals surface area contributed by atoms with Crippen LogP contribution in [-0.2, 0) is 0 Å². The van der Waals surface area contributed by atoms with Crippen LogP contribution in [0.25, 0.3) is 0 Å². The van der Waals surface area contributed by atoms with Gasteiger partial charge >= 0.3 is 0 Å². The largest absolute Gasteiger partial charge is 0.394 e. The first-order valence-corrected chi connectivity index (χ1v) is 6.86. The van der Waals surface area contributed by atoms with E-state index in [1.807, 2.05) is 0 Å². The molecule has 1 atom stereocenters. The highest BCUT2D eigenvalue weighted by Gasteiger charge is 2.15. The molecule has 2 rings (SSSR count). The standard InChI is InChI=1S/C14H12BrClFNO/c15-11-6-5-9(16)7-10(11)14(8-19)18-13-4-2-1-3-12(13)17/h1-7,14,18-19H,8H2. The van der Waals surface area contributed by atoms with E-state index in [0.29, 0.717) is 10.7 Å². The van der Waals surface area contributed by atoms with E-state index in [4.69, 9.17) is 11.6 Å². The van der Waals surface area contributed by atoms with Crippen LogP contribution in [0.4, 0.5) is 10.1 Å². The van der Waals surface area contributed by atoms with E-state index in [-0.39, 0.29) is 12.4 Å². The Labute approximate surface area is 124 Å². The summed E-state index contributed by atoms with van der Waals surface area (Å²) in [4.78, 5) is 0. The van der Waals surface area contributed by atoms with Crippen molar-refractivity contribution in [2.24, 2.45) is 0 Å². The van der Waals surface area contributed by atoms with Crippen molar-refractivity contribution >= 4 is 33.2 Å². The zero-order valence-electron chi connectivity index (χ0n) is 9.91. The molecule has 2 nitrogen and oxygen atoms in total. The lowest BCUT2D eigenvalue weighted by Gasteiger charge is -2.20. The molecule has 1 unspecified atom stereocenters. The SMILES string of the molecule is OCC(Nc1ccccc1F)c1cc(Cl)ccc1Br. The summed E-state index contributed by atoms with van der Waals surface area (Å²) in [6, 6.07) is 11.2. The minimum atomic E-state index is -0.440. The van der Waals surface area contributed by atoms with E-state index < -0.39 is 6.04 Å². The zero-order chi connectivity index (χ0) is 13.8. The van der Waals surface area contributed by atoms with Crippen LogP contribution >= 0.6 is 27.5 Å². The average molecular weight is 345 g/mol. The van der Waals surface area contributed by atoms with Crippen LogP contribution in [0.15, 0.2) is 46.9 Å². The van der Waals surface area contributed by atoms with Gasteiger partial charge in [-0.1, -0.05) is 39.7 Å². The quantitative estimate of drug-likeness (QED) is 0.862. The number of halogens is 3. The van der Waals surface area contributed by atoms with Crippen molar-refractivity contribution in [3.8, 4) is 0 Å². The molecule has 100 valence electrons. The number of benzene rings is 2. The van der Waals surface area contributed by atoms with Gasteiger partial charge in [-0.05, 0) is 35.9 Å². The number of aliphatic hydroxyl groups excluding tert-OH is 1. The predicted octanol–water partition coefficient (Wildman–Crippen LogP) is 4.39. The van der Waals surface area contributed by atoms with Crippen molar-refractivity contribution < 1.29 is 9.50 Å². The molecule has 0 radical (unpaired) electrons. The summed E-state index contributed by atoms with van der Waals surface area (Å²) in [5.74, 6) is -0.362. The number of nitrogens with one attached hydrogen (secondary N) is 1. The first kappa shape index (κ1) is 14.3. The summed E-state index contributed by atoms with van der Waals surface area (Å²) >= 11 is 9.35. The normalized spacial score (nSPS) is 12.2. The Bertz CT molecular complexity index is 579. The minimum absolute atomic E-state index is 0.173. The fraction of sp³-hybridized carbons (Fsp3) is 0.143. The first-order chi connectivity index (χ1) is 9.11. The molecule has 2 aromatic rings. The topological polar surface area (TPSA) is 32.3 Å². The third kappa shape index (κ3) is 3.47. The predicted molar refractivity (Wildman–Crippen MR) is 79.0 cm³/mol. The highest BCUT2D eigenvalue weighted by atomic mass is 79.9. The molecule has 0 aromatic heterocycles. The van der Waals surface area contributed by atoms with Crippen molar-refractivity contribution in [2.75, 3.05) is 11.9 Å². The van der Waals surface area contributed by atoms with E-state index >= 15 is 0 Å². The number of hydrogen-bond acceptors (Lipinski definition) is 2. The highest BCUT2D eigenvalue weighted by Crippen LogP contribution is 2.29. The van der Waals surface area contributed by atoms with Crippen LogP contribution in [0.3, 0.4) is 0 Å². The molecule has 0 aliphatic carbocycles. The molecule has 2 aromatic carbocycles. The molecule has 0 saturated carbocycles. The third-order valence-corrected chi connectivity index (χ3v) is 3.68. The molecule has 0 spiro atoms. The Balaban J connectivity index is 2.30. The summed E-state index contributed by atoms with van der Waals surface area (Å²) < 4.78 is 14.4. The van der Waals surface area contributed by atoms with Crippen molar-refractivity contribution in [1.82, 2.24) is 0 Å². The summed E-state index contributed by atoms with van der Waals surface area (Å²) in [5.41, 5.74) is 1.12. The number of aliphatic hydroxyl groups is 1. The van der Waals surface area contributed by atoms with Crippen LogP contribution in [0.1, 0.15) is 11.6 Å². The van der Waals surface area contributed by atoms with Gasteiger partial charge in [-0.3, -0.25) is 0 Å². The number of para-hydroxylation sites is 1. The fourth-order valence-electron chi connectivity index (χ4n) is 1.77. The van der Waals surface area contributed by atoms with Gasteiger partial charge < -0.3 is 10.4 Å². The Hall–Kier alpha value is -1.10. The van der Waals surface area contributed by atoms with Crippen LogP contribution in [0.5, 0.6) is 0 Å². The van der Waals surface area contributed by atoms with Crippen LogP contribution in [-0.4, -0.2) is 11.7 Å². The van der Waals surface area contributed by atoms with Gasteiger partial charge in [0.05, 0.1) is 18.3 Å². The lowest BCUT2D eigenvalue weighted by Crippen LogP contribution is -2.16. The third-order valence-electron chi connectivity index (χ3n) is 2.72. The molecular weight excluding hydrogens is 333 g/mol. The second-order valence-electron chi connectivity index (χ2n) is 4.03. The number of rotatable bonds is 4. The van der Waals surface area contributed by atoms with Gasteiger partial charge in [0.25, 0.3) is 0 Å².